The number of amides is 4. The van der Waals surface area contributed by atoms with Gasteiger partial charge in [0.1, 0.15) is 6.42 Å². The first-order chi connectivity index (χ1) is 5.91. The van der Waals surface area contributed by atoms with Crippen LogP contribution >= 0.6 is 0 Å². The lowest BCUT2D eigenvalue weighted by Crippen LogP contribution is -2.36. The Labute approximate surface area is 74.7 Å². The van der Waals surface area contributed by atoms with Gasteiger partial charge >= 0.3 is 0 Å². The van der Waals surface area contributed by atoms with E-state index >= 15 is 0 Å². The Morgan fingerprint density at radius 1 is 0.846 bits per heavy atom. The largest absolute Gasteiger partial charge is 0.296 e. The van der Waals surface area contributed by atoms with Crippen molar-refractivity contribution in [3.05, 3.63) is 6.42 Å². The monoisotopic (exact) mass is 185 g/mol. The molecule has 0 fully saturated rings. The molecule has 0 atom stereocenters. The van der Waals surface area contributed by atoms with Gasteiger partial charge in [0.05, 0.1) is 0 Å². The third-order valence-corrected chi connectivity index (χ3v) is 0.861. The van der Waals surface area contributed by atoms with Crippen LogP contribution in [0, 0.1) is 6.42 Å². The molecule has 6 nitrogen and oxygen atoms in total. The quantitative estimate of drug-likeness (QED) is 0.513. The SMILES string of the molecule is CC(=O)NC(=O)[CH]C(=O)NC(C)=O. The second-order valence-corrected chi connectivity index (χ2v) is 2.24. The minimum Gasteiger partial charge on any atom is -0.296 e. The first kappa shape index (κ1) is 11.3. The molecule has 0 unspecified atom stereocenters. The zero-order valence-electron chi connectivity index (χ0n) is 7.21. The topological polar surface area (TPSA) is 92.3 Å². The highest BCUT2D eigenvalue weighted by Crippen LogP contribution is 1.78. The zero-order valence-corrected chi connectivity index (χ0v) is 7.21. The summed E-state index contributed by atoms with van der Waals surface area (Å²) < 4.78 is 0. The number of nitrogens with one attached hydrogen (secondary N) is 2. The molecule has 0 aliphatic carbocycles. The van der Waals surface area contributed by atoms with E-state index < -0.39 is 23.6 Å². The van der Waals surface area contributed by atoms with E-state index in [9.17, 15) is 19.2 Å². The highest BCUT2D eigenvalue weighted by Gasteiger charge is 2.11. The molecule has 0 aromatic heterocycles. The minimum absolute atomic E-state index is 0.572. The summed E-state index contributed by atoms with van der Waals surface area (Å²) in [5.41, 5.74) is 0. The van der Waals surface area contributed by atoms with Crippen LogP contribution in [0.15, 0.2) is 0 Å². The lowest BCUT2D eigenvalue weighted by atomic mass is 10.3. The highest BCUT2D eigenvalue weighted by atomic mass is 16.2. The number of rotatable bonds is 2. The zero-order chi connectivity index (χ0) is 10.4. The van der Waals surface area contributed by atoms with E-state index in [-0.39, 0.29) is 0 Å². The fourth-order valence-electron chi connectivity index (χ4n) is 0.538. The maximum absolute atomic E-state index is 10.7. The van der Waals surface area contributed by atoms with Crippen LogP contribution in [0.3, 0.4) is 0 Å². The normalized spacial score (nSPS) is 8.77. The van der Waals surface area contributed by atoms with Gasteiger partial charge in [-0.15, -0.1) is 0 Å². The Morgan fingerprint density at radius 2 is 1.15 bits per heavy atom. The van der Waals surface area contributed by atoms with E-state index in [1.807, 2.05) is 10.6 Å². The first-order valence-electron chi connectivity index (χ1n) is 3.39. The lowest BCUT2D eigenvalue weighted by molar-refractivity contribution is -0.130. The highest BCUT2D eigenvalue weighted by molar-refractivity contribution is 6.15. The van der Waals surface area contributed by atoms with Gasteiger partial charge in [-0.05, 0) is 0 Å². The summed E-state index contributed by atoms with van der Waals surface area (Å²) >= 11 is 0. The van der Waals surface area contributed by atoms with Gasteiger partial charge in [-0.25, -0.2) is 0 Å². The fourth-order valence-corrected chi connectivity index (χ4v) is 0.538. The summed E-state index contributed by atoms with van der Waals surface area (Å²) in [5, 5.41) is 3.68. The van der Waals surface area contributed by atoms with E-state index in [1.54, 1.807) is 0 Å². The van der Waals surface area contributed by atoms with E-state index in [4.69, 9.17) is 0 Å². The lowest BCUT2D eigenvalue weighted by Gasteiger charge is -1.99. The average molecular weight is 185 g/mol. The van der Waals surface area contributed by atoms with Crippen LogP contribution in [0.25, 0.3) is 0 Å². The Kier molecular flexibility index (Phi) is 4.36. The number of carbonyl (C=O) groups excluding carboxylic acids is 4. The van der Waals surface area contributed by atoms with Crippen molar-refractivity contribution in [1.82, 2.24) is 10.6 Å². The Morgan fingerprint density at radius 3 is 1.38 bits per heavy atom. The third kappa shape index (κ3) is 6.67. The minimum atomic E-state index is -0.855. The summed E-state index contributed by atoms with van der Waals surface area (Å²) in [6, 6.07) is 0. The van der Waals surface area contributed by atoms with Crippen molar-refractivity contribution in [2.75, 3.05) is 0 Å². The molecule has 4 amide bonds. The van der Waals surface area contributed by atoms with E-state index in [0.717, 1.165) is 13.8 Å². The van der Waals surface area contributed by atoms with Gasteiger partial charge in [0.25, 0.3) is 0 Å². The molecule has 0 aliphatic heterocycles. The van der Waals surface area contributed by atoms with Crippen LogP contribution in [-0.2, 0) is 19.2 Å². The molecule has 0 spiro atoms. The van der Waals surface area contributed by atoms with Crippen LogP contribution in [0.4, 0.5) is 0 Å². The van der Waals surface area contributed by atoms with Gasteiger partial charge in [-0.3, -0.25) is 29.8 Å². The summed E-state index contributed by atoms with van der Waals surface area (Å²) in [7, 11) is 0. The Balaban J connectivity index is 3.85. The fraction of sp³-hybridized carbons (Fsp3) is 0.286. The Bertz CT molecular complexity index is 233. The van der Waals surface area contributed by atoms with Crippen LogP contribution < -0.4 is 10.6 Å². The molecule has 13 heavy (non-hydrogen) atoms. The molecule has 0 aliphatic rings. The second-order valence-electron chi connectivity index (χ2n) is 2.24. The molecule has 0 aromatic carbocycles. The van der Waals surface area contributed by atoms with Crippen molar-refractivity contribution >= 4 is 23.6 Å². The maximum atomic E-state index is 10.7. The van der Waals surface area contributed by atoms with Gasteiger partial charge < -0.3 is 0 Å². The molecular formula is C7H9N2O4. The molecule has 0 bridgehead atoms. The van der Waals surface area contributed by atoms with E-state index in [2.05, 4.69) is 0 Å². The number of hydrogen-bond donors (Lipinski definition) is 2. The van der Waals surface area contributed by atoms with Crippen molar-refractivity contribution in [2.45, 2.75) is 13.8 Å². The van der Waals surface area contributed by atoms with Gasteiger partial charge in [0.15, 0.2) is 0 Å². The van der Waals surface area contributed by atoms with Gasteiger partial charge in [-0.2, -0.15) is 0 Å². The standard InChI is InChI=1S/C7H9N2O4/c1-4(10)8-6(12)3-7(13)9-5(2)11/h3H,1-2H3,(H,8,10,12)(H,9,11,13). The first-order valence-corrected chi connectivity index (χ1v) is 3.39. The van der Waals surface area contributed by atoms with Crippen molar-refractivity contribution in [3.8, 4) is 0 Å². The van der Waals surface area contributed by atoms with Gasteiger partial charge in [0.2, 0.25) is 23.6 Å². The van der Waals surface area contributed by atoms with Crippen LogP contribution in [-0.4, -0.2) is 23.6 Å². The molecule has 6 heteroatoms. The molecule has 1 radical (unpaired) electrons. The van der Waals surface area contributed by atoms with Crippen LogP contribution in [0.5, 0.6) is 0 Å². The molecular weight excluding hydrogens is 176 g/mol. The smallest absolute Gasteiger partial charge is 0.240 e. The van der Waals surface area contributed by atoms with Crippen molar-refractivity contribution in [2.24, 2.45) is 0 Å². The number of imide groups is 2. The molecule has 0 aromatic rings. The maximum Gasteiger partial charge on any atom is 0.240 e. The molecule has 71 valence electrons. The summed E-state index contributed by atoms with van der Waals surface area (Å²) in [6.07, 6.45) is 0.586. The van der Waals surface area contributed by atoms with Crippen LogP contribution in [0.2, 0.25) is 0 Å². The van der Waals surface area contributed by atoms with E-state index in [0.29, 0.717) is 6.42 Å². The number of carbonyl (C=O) groups is 4. The van der Waals surface area contributed by atoms with E-state index in [1.165, 1.54) is 0 Å². The molecule has 0 heterocycles. The third-order valence-electron chi connectivity index (χ3n) is 0.861. The predicted octanol–water partition coefficient (Wildman–Crippen LogP) is -1.48. The van der Waals surface area contributed by atoms with Crippen LogP contribution in [0.1, 0.15) is 13.8 Å². The molecule has 0 saturated heterocycles. The predicted molar refractivity (Wildman–Crippen MR) is 41.9 cm³/mol. The van der Waals surface area contributed by atoms with Crippen molar-refractivity contribution in [3.63, 3.8) is 0 Å². The number of hydrogen-bond acceptors (Lipinski definition) is 4. The summed E-state index contributed by atoms with van der Waals surface area (Å²) in [4.78, 5) is 42.0. The Hall–Kier alpha value is -1.72. The second kappa shape index (κ2) is 5.02. The van der Waals surface area contributed by atoms with Gasteiger partial charge in [0, 0.05) is 13.8 Å². The molecule has 0 rings (SSSR count). The van der Waals surface area contributed by atoms with Crippen molar-refractivity contribution < 1.29 is 19.2 Å². The van der Waals surface area contributed by atoms with Gasteiger partial charge in [-0.1, -0.05) is 0 Å². The average Bonchev–Trinajstić information content (AvgIpc) is 1.80. The summed E-state index contributed by atoms with van der Waals surface area (Å²) in [5.74, 6) is -2.86. The van der Waals surface area contributed by atoms with Crippen molar-refractivity contribution in [1.29, 1.82) is 0 Å². The summed E-state index contributed by atoms with van der Waals surface area (Å²) in [6.45, 7) is 2.27. The molecule has 2 N–H and O–H groups in total. The molecule has 0 saturated carbocycles.